The second-order valence-electron chi connectivity index (χ2n) is 10.1. The Hall–Kier alpha value is -3.68. The van der Waals surface area contributed by atoms with Crippen LogP contribution in [0.15, 0.2) is 72.8 Å². The van der Waals surface area contributed by atoms with Crippen molar-refractivity contribution in [1.29, 1.82) is 0 Å². The van der Waals surface area contributed by atoms with Gasteiger partial charge in [-0.15, -0.1) is 0 Å². The van der Waals surface area contributed by atoms with E-state index >= 15 is 0 Å². The molecule has 40 heavy (non-hydrogen) atoms. The van der Waals surface area contributed by atoms with E-state index in [1.165, 1.54) is 0 Å². The Morgan fingerprint density at radius 2 is 1.73 bits per heavy atom. The number of aliphatic hydroxyl groups is 1. The molecule has 0 bridgehead atoms. The molecule has 2 atom stereocenters. The molecule has 7 nitrogen and oxygen atoms in total. The van der Waals surface area contributed by atoms with Gasteiger partial charge in [0.1, 0.15) is 5.75 Å². The summed E-state index contributed by atoms with van der Waals surface area (Å²) >= 11 is 0. The minimum absolute atomic E-state index is 0.0323. The number of nitrogens with zero attached hydrogens (tertiary/aromatic N) is 1. The van der Waals surface area contributed by atoms with Gasteiger partial charge in [0.15, 0.2) is 0 Å². The topological polar surface area (TPSA) is 90.9 Å². The number of aliphatic hydroxyl groups excluding tert-OH is 1. The Kier molecular flexibility index (Phi) is 12.2. The average molecular weight is 546 g/mol. The minimum atomic E-state index is -0.832. The summed E-state index contributed by atoms with van der Waals surface area (Å²) < 4.78 is 5.30. The first-order valence-electron chi connectivity index (χ1n) is 14.1. The zero-order valence-electron chi connectivity index (χ0n) is 24.2. The van der Waals surface area contributed by atoms with Gasteiger partial charge in [-0.2, -0.15) is 0 Å². The van der Waals surface area contributed by atoms with Crippen LogP contribution in [-0.2, 0) is 17.8 Å². The molecule has 0 heterocycles. The lowest BCUT2D eigenvalue weighted by atomic mass is 10.00. The second kappa shape index (κ2) is 15.8. The predicted octanol–water partition coefficient (Wildman–Crippen LogP) is 5.04. The number of hydrogen-bond acceptors (Lipinski definition) is 5. The number of unbranched alkanes of at least 4 members (excludes halogenated alkanes) is 1. The van der Waals surface area contributed by atoms with E-state index in [4.69, 9.17) is 4.74 Å². The highest BCUT2D eigenvalue weighted by Gasteiger charge is 2.23. The summed E-state index contributed by atoms with van der Waals surface area (Å²) in [6, 6.07) is 22.6. The highest BCUT2D eigenvalue weighted by molar-refractivity contribution is 5.98. The molecule has 0 radical (unpaired) electrons. The van der Waals surface area contributed by atoms with Crippen molar-refractivity contribution >= 4 is 17.5 Å². The van der Waals surface area contributed by atoms with Crippen LogP contribution in [0.2, 0.25) is 0 Å². The number of nitrogens with one attached hydrogen (secondary N) is 2. The van der Waals surface area contributed by atoms with E-state index in [1.807, 2.05) is 80.6 Å². The molecule has 3 aromatic rings. The van der Waals surface area contributed by atoms with Crippen LogP contribution in [0, 0.1) is 6.92 Å². The number of anilines is 1. The van der Waals surface area contributed by atoms with E-state index in [9.17, 15) is 14.7 Å². The van der Waals surface area contributed by atoms with Crippen LogP contribution in [-0.4, -0.2) is 49.3 Å². The third-order valence-corrected chi connectivity index (χ3v) is 6.87. The molecule has 0 unspecified atom stereocenters. The van der Waals surface area contributed by atoms with Gasteiger partial charge < -0.3 is 25.4 Å². The van der Waals surface area contributed by atoms with E-state index < -0.39 is 12.1 Å². The normalized spacial score (nSPS) is 12.4. The Labute approximate surface area is 238 Å². The van der Waals surface area contributed by atoms with Crippen LogP contribution < -0.4 is 20.3 Å². The summed E-state index contributed by atoms with van der Waals surface area (Å²) in [5.74, 6) is 0.530. The number of amides is 2. The molecule has 0 aliphatic rings. The Morgan fingerprint density at radius 1 is 0.975 bits per heavy atom. The van der Waals surface area contributed by atoms with Crippen molar-refractivity contribution in [1.82, 2.24) is 10.6 Å². The van der Waals surface area contributed by atoms with Crippen LogP contribution >= 0.6 is 0 Å². The number of benzene rings is 3. The zero-order chi connectivity index (χ0) is 28.9. The van der Waals surface area contributed by atoms with E-state index in [0.717, 1.165) is 41.0 Å². The SMILES string of the molecule is CCCCN(C(=O)CC)c1cc(C)cc(C(=O)N[C@@H](Cc2ccccc2)[C@@H](O)CNCc2cccc(OC)c2)c1. The number of rotatable bonds is 15. The maximum absolute atomic E-state index is 13.5. The standard InChI is InChI=1S/C33H43N3O4/c1-5-7-16-36(32(38)6-2)28-18-24(3)17-27(21-28)33(39)35-30(20-25-12-9-8-10-13-25)31(37)23-34-22-26-14-11-15-29(19-26)40-4/h8-15,17-19,21,30-31,34,37H,5-7,16,20,22-23H2,1-4H3,(H,35,39)/t30-,31-/m0/s1. The lowest BCUT2D eigenvalue weighted by Crippen LogP contribution is -2.48. The van der Waals surface area contributed by atoms with Crippen molar-refractivity contribution in [3.8, 4) is 5.75 Å². The summed E-state index contributed by atoms with van der Waals surface area (Å²) in [7, 11) is 1.63. The molecule has 2 amide bonds. The highest BCUT2D eigenvalue weighted by atomic mass is 16.5. The van der Waals surface area contributed by atoms with E-state index in [0.29, 0.717) is 38.0 Å². The first-order valence-corrected chi connectivity index (χ1v) is 14.1. The summed E-state index contributed by atoms with van der Waals surface area (Å²) in [6.45, 7) is 7.33. The van der Waals surface area contributed by atoms with Crippen molar-refractivity contribution in [2.24, 2.45) is 0 Å². The molecule has 214 valence electrons. The molecule has 0 aromatic heterocycles. The van der Waals surface area contributed by atoms with Gasteiger partial charge in [-0.3, -0.25) is 9.59 Å². The number of ether oxygens (including phenoxy) is 1. The number of hydrogen-bond donors (Lipinski definition) is 3. The molecule has 3 aromatic carbocycles. The number of carbonyl (C=O) groups excluding carboxylic acids is 2. The van der Waals surface area contributed by atoms with E-state index in [2.05, 4.69) is 17.6 Å². The molecule has 0 aliphatic heterocycles. The predicted molar refractivity (Wildman–Crippen MR) is 161 cm³/mol. The molecule has 0 spiro atoms. The largest absolute Gasteiger partial charge is 0.497 e. The van der Waals surface area contributed by atoms with Crippen molar-refractivity contribution in [3.05, 3.63) is 95.1 Å². The third kappa shape index (κ3) is 9.21. The fourth-order valence-corrected chi connectivity index (χ4v) is 4.65. The number of carbonyl (C=O) groups is 2. The molecule has 3 N–H and O–H groups in total. The number of methoxy groups -OCH3 is 1. The van der Waals surface area contributed by atoms with Gasteiger partial charge in [0.05, 0.1) is 19.3 Å². The molecule has 0 aliphatic carbocycles. The first kappa shape index (κ1) is 30.9. The third-order valence-electron chi connectivity index (χ3n) is 6.87. The molecular formula is C33H43N3O4. The fourth-order valence-electron chi connectivity index (χ4n) is 4.65. The van der Waals surface area contributed by atoms with Crippen molar-refractivity contribution in [2.45, 2.75) is 65.1 Å². The van der Waals surface area contributed by atoms with Crippen LogP contribution in [0.3, 0.4) is 0 Å². The lowest BCUT2D eigenvalue weighted by Gasteiger charge is -2.26. The van der Waals surface area contributed by atoms with Crippen molar-refractivity contribution < 1.29 is 19.4 Å². The monoisotopic (exact) mass is 545 g/mol. The van der Waals surface area contributed by atoms with E-state index in [1.54, 1.807) is 18.1 Å². The maximum atomic E-state index is 13.5. The van der Waals surface area contributed by atoms with E-state index in [-0.39, 0.29) is 11.8 Å². The quantitative estimate of drug-likeness (QED) is 0.249. The Morgan fingerprint density at radius 3 is 2.42 bits per heavy atom. The first-order chi connectivity index (χ1) is 19.3. The lowest BCUT2D eigenvalue weighted by molar-refractivity contribution is -0.118. The molecule has 0 saturated carbocycles. The van der Waals surface area contributed by atoms with Crippen molar-refractivity contribution in [3.63, 3.8) is 0 Å². The van der Waals surface area contributed by atoms with Crippen LogP contribution in [0.25, 0.3) is 0 Å². The molecule has 0 fully saturated rings. The van der Waals surface area contributed by atoms with Crippen molar-refractivity contribution in [2.75, 3.05) is 25.1 Å². The zero-order valence-corrected chi connectivity index (χ0v) is 24.2. The Balaban J connectivity index is 1.77. The maximum Gasteiger partial charge on any atom is 0.251 e. The van der Waals surface area contributed by atoms with Gasteiger partial charge in [-0.25, -0.2) is 0 Å². The van der Waals surface area contributed by atoms with Gasteiger partial charge in [0.25, 0.3) is 5.91 Å². The molecule has 7 heteroatoms. The fraction of sp³-hybridized carbons (Fsp3) is 0.394. The molecular weight excluding hydrogens is 502 g/mol. The van der Waals surface area contributed by atoms with Crippen LogP contribution in [0.4, 0.5) is 5.69 Å². The summed E-state index contributed by atoms with van der Waals surface area (Å²) in [4.78, 5) is 28.0. The summed E-state index contributed by atoms with van der Waals surface area (Å²) in [5.41, 5.74) is 4.15. The van der Waals surface area contributed by atoms with Crippen LogP contribution in [0.1, 0.15) is 60.2 Å². The highest BCUT2D eigenvalue weighted by Crippen LogP contribution is 2.21. The Bertz CT molecular complexity index is 1230. The van der Waals surface area contributed by atoms with Crippen LogP contribution in [0.5, 0.6) is 5.75 Å². The summed E-state index contributed by atoms with van der Waals surface area (Å²) in [6.07, 6.45) is 1.89. The minimum Gasteiger partial charge on any atom is -0.497 e. The smallest absolute Gasteiger partial charge is 0.251 e. The molecule has 0 saturated heterocycles. The van der Waals surface area contributed by atoms with Gasteiger partial charge in [0.2, 0.25) is 5.91 Å². The van der Waals surface area contributed by atoms with Gasteiger partial charge in [0, 0.05) is 37.3 Å². The molecule has 3 rings (SSSR count). The van der Waals surface area contributed by atoms with Gasteiger partial charge in [-0.1, -0.05) is 62.7 Å². The summed E-state index contributed by atoms with van der Waals surface area (Å²) in [5, 5.41) is 17.6. The van der Waals surface area contributed by atoms with Gasteiger partial charge in [-0.05, 0) is 66.8 Å². The second-order valence-corrected chi connectivity index (χ2v) is 10.1. The van der Waals surface area contributed by atoms with Gasteiger partial charge >= 0.3 is 0 Å². The number of aryl methyl sites for hydroxylation is 1. The average Bonchev–Trinajstić information content (AvgIpc) is 2.97.